The molecule has 0 aliphatic heterocycles. The van der Waals surface area contributed by atoms with Gasteiger partial charge in [-0.15, -0.1) is 11.3 Å². The number of nitrogens with zero attached hydrogens (tertiary/aromatic N) is 1. The Kier molecular flexibility index (Phi) is 6.08. The van der Waals surface area contributed by atoms with Crippen molar-refractivity contribution in [3.05, 3.63) is 44.8 Å². The highest BCUT2D eigenvalue weighted by Crippen LogP contribution is 2.16. The second-order valence-corrected chi connectivity index (χ2v) is 6.48. The number of nitrogens with one attached hydrogen (secondary N) is 2. The third kappa shape index (κ3) is 4.65. The van der Waals surface area contributed by atoms with Crippen LogP contribution < -0.4 is 10.6 Å². The van der Waals surface area contributed by atoms with Crippen LogP contribution in [-0.4, -0.2) is 26.1 Å². The van der Waals surface area contributed by atoms with Crippen LogP contribution in [0, 0.1) is 0 Å². The lowest BCUT2D eigenvalue weighted by atomic mass is 10.1. The van der Waals surface area contributed by atoms with Crippen LogP contribution in [0.3, 0.4) is 0 Å². The maximum atomic E-state index is 4.26. The molecule has 0 saturated carbocycles. The number of thiophene rings is 2. The molecule has 5 heteroatoms. The first-order chi connectivity index (χ1) is 9.79. The van der Waals surface area contributed by atoms with Crippen LogP contribution in [0.5, 0.6) is 0 Å². The van der Waals surface area contributed by atoms with Crippen LogP contribution in [-0.2, 0) is 6.42 Å². The molecule has 0 saturated heterocycles. The van der Waals surface area contributed by atoms with Crippen LogP contribution in [0.15, 0.2) is 39.3 Å². The summed E-state index contributed by atoms with van der Waals surface area (Å²) < 4.78 is 0. The molecule has 2 aromatic heterocycles. The average molecular weight is 307 g/mol. The van der Waals surface area contributed by atoms with Crippen LogP contribution in [0.25, 0.3) is 0 Å². The third-order valence-corrected chi connectivity index (χ3v) is 4.79. The Hall–Kier alpha value is -1.33. The summed E-state index contributed by atoms with van der Waals surface area (Å²) in [7, 11) is 1.82. The van der Waals surface area contributed by atoms with Gasteiger partial charge in [-0.05, 0) is 46.2 Å². The van der Waals surface area contributed by atoms with Crippen molar-refractivity contribution in [2.75, 3.05) is 20.1 Å². The Balaban J connectivity index is 1.70. The standard InChI is InChI=1S/C15H21N3S2/c1-12(13-6-9-19-11-13)10-18-15(16-2)17-7-5-14-4-3-8-20-14/h3-4,6,8-9,11-12H,5,7,10H2,1-2H3,(H2,16,17,18). The second kappa shape index (κ2) is 8.07. The predicted molar refractivity (Wildman–Crippen MR) is 90.1 cm³/mol. The van der Waals surface area contributed by atoms with E-state index >= 15 is 0 Å². The molecule has 20 heavy (non-hydrogen) atoms. The summed E-state index contributed by atoms with van der Waals surface area (Å²) in [6.45, 7) is 4.04. The molecular weight excluding hydrogens is 286 g/mol. The summed E-state index contributed by atoms with van der Waals surface area (Å²) in [5.41, 5.74) is 1.39. The molecule has 0 bridgehead atoms. The summed E-state index contributed by atoms with van der Waals surface area (Å²) in [4.78, 5) is 5.66. The van der Waals surface area contributed by atoms with Gasteiger partial charge in [0.1, 0.15) is 0 Å². The van der Waals surface area contributed by atoms with Gasteiger partial charge in [0.05, 0.1) is 0 Å². The highest BCUT2D eigenvalue weighted by atomic mass is 32.1. The van der Waals surface area contributed by atoms with Crippen molar-refractivity contribution in [3.8, 4) is 0 Å². The molecule has 2 heterocycles. The minimum Gasteiger partial charge on any atom is -0.356 e. The molecule has 1 unspecified atom stereocenters. The van der Waals surface area contributed by atoms with Crippen LogP contribution >= 0.6 is 22.7 Å². The molecule has 1 atom stereocenters. The van der Waals surface area contributed by atoms with E-state index in [9.17, 15) is 0 Å². The van der Waals surface area contributed by atoms with Gasteiger partial charge in [0.2, 0.25) is 0 Å². The van der Waals surface area contributed by atoms with Gasteiger partial charge in [-0.3, -0.25) is 4.99 Å². The molecule has 2 rings (SSSR count). The molecule has 0 aliphatic carbocycles. The van der Waals surface area contributed by atoms with Gasteiger partial charge >= 0.3 is 0 Å². The number of guanidine groups is 1. The molecule has 0 fully saturated rings. The van der Waals surface area contributed by atoms with E-state index in [2.05, 4.69) is 56.9 Å². The topological polar surface area (TPSA) is 36.4 Å². The first-order valence-electron chi connectivity index (χ1n) is 6.78. The molecule has 2 aromatic rings. The van der Waals surface area contributed by atoms with E-state index in [1.165, 1.54) is 10.4 Å². The molecule has 2 N–H and O–H groups in total. The van der Waals surface area contributed by atoms with Gasteiger partial charge in [-0.1, -0.05) is 13.0 Å². The van der Waals surface area contributed by atoms with Gasteiger partial charge < -0.3 is 10.6 Å². The Morgan fingerprint density at radius 2 is 2.20 bits per heavy atom. The molecular formula is C15H21N3S2. The minimum atomic E-state index is 0.497. The summed E-state index contributed by atoms with van der Waals surface area (Å²) in [6.07, 6.45) is 1.04. The van der Waals surface area contributed by atoms with Crippen LogP contribution in [0.2, 0.25) is 0 Å². The van der Waals surface area contributed by atoms with E-state index in [0.717, 1.165) is 25.5 Å². The Bertz CT molecular complexity index is 503. The normalized spacial score (nSPS) is 13.2. The van der Waals surface area contributed by atoms with Gasteiger partial charge in [0, 0.05) is 25.0 Å². The first-order valence-corrected chi connectivity index (χ1v) is 8.61. The first kappa shape index (κ1) is 15.1. The van der Waals surface area contributed by atoms with E-state index in [-0.39, 0.29) is 0 Å². The van der Waals surface area contributed by atoms with Crippen molar-refractivity contribution < 1.29 is 0 Å². The quantitative estimate of drug-likeness (QED) is 0.634. The van der Waals surface area contributed by atoms with E-state index in [1.807, 2.05) is 7.05 Å². The fourth-order valence-electron chi connectivity index (χ4n) is 1.90. The fraction of sp³-hybridized carbons (Fsp3) is 0.400. The largest absolute Gasteiger partial charge is 0.356 e. The Morgan fingerprint density at radius 3 is 2.85 bits per heavy atom. The van der Waals surface area contributed by atoms with Crippen molar-refractivity contribution in [2.45, 2.75) is 19.3 Å². The Morgan fingerprint density at radius 1 is 1.30 bits per heavy atom. The number of rotatable bonds is 6. The maximum Gasteiger partial charge on any atom is 0.191 e. The van der Waals surface area contributed by atoms with Crippen molar-refractivity contribution >= 4 is 28.6 Å². The zero-order valence-electron chi connectivity index (χ0n) is 11.9. The molecule has 0 radical (unpaired) electrons. The lowest BCUT2D eigenvalue weighted by molar-refractivity contribution is 0.700. The summed E-state index contributed by atoms with van der Waals surface area (Å²) in [5, 5.41) is 13.2. The van der Waals surface area contributed by atoms with Gasteiger partial charge in [-0.2, -0.15) is 11.3 Å². The van der Waals surface area contributed by atoms with E-state index in [1.54, 1.807) is 22.7 Å². The summed E-state index contributed by atoms with van der Waals surface area (Å²) >= 11 is 3.55. The molecule has 3 nitrogen and oxygen atoms in total. The minimum absolute atomic E-state index is 0.497. The monoisotopic (exact) mass is 307 g/mol. The van der Waals surface area contributed by atoms with Gasteiger partial charge in [0.15, 0.2) is 5.96 Å². The maximum absolute atomic E-state index is 4.26. The van der Waals surface area contributed by atoms with Crippen molar-refractivity contribution in [2.24, 2.45) is 4.99 Å². The molecule has 108 valence electrons. The number of aliphatic imine (C=N–C) groups is 1. The van der Waals surface area contributed by atoms with Crippen LogP contribution in [0.4, 0.5) is 0 Å². The number of hydrogen-bond acceptors (Lipinski definition) is 3. The number of hydrogen-bond donors (Lipinski definition) is 2. The van der Waals surface area contributed by atoms with E-state index in [0.29, 0.717) is 5.92 Å². The van der Waals surface area contributed by atoms with Crippen LogP contribution in [0.1, 0.15) is 23.3 Å². The summed E-state index contributed by atoms with van der Waals surface area (Å²) in [5.74, 6) is 1.38. The zero-order chi connectivity index (χ0) is 14.2. The van der Waals surface area contributed by atoms with E-state index < -0.39 is 0 Å². The second-order valence-electron chi connectivity index (χ2n) is 4.67. The molecule has 0 amide bonds. The molecule has 0 aromatic carbocycles. The molecule has 0 spiro atoms. The van der Waals surface area contributed by atoms with Gasteiger partial charge in [-0.25, -0.2) is 0 Å². The zero-order valence-corrected chi connectivity index (χ0v) is 13.6. The van der Waals surface area contributed by atoms with E-state index in [4.69, 9.17) is 0 Å². The smallest absolute Gasteiger partial charge is 0.191 e. The molecule has 0 aliphatic rings. The Labute approximate surface area is 128 Å². The lowest BCUT2D eigenvalue weighted by Gasteiger charge is -2.15. The van der Waals surface area contributed by atoms with Crippen molar-refractivity contribution in [1.82, 2.24) is 10.6 Å². The van der Waals surface area contributed by atoms with Gasteiger partial charge in [0.25, 0.3) is 0 Å². The average Bonchev–Trinajstić information content (AvgIpc) is 3.14. The predicted octanol–water partition coefficient (Wildman–Crippen LogP) is 3.32. The van der Waals surface area contributed by atoms with Crippen molar-refractivity contribution in [3.63, 3.8) is 0 Å². The SMILES string of the molecule is CN=C(NCCc1cccs1)NCC(C)c1ccsc1. The highest BCUT2D eigenvalue weighted by molar-refractivity contribution is 7.09. The lowest BCUT2D eigenvalue weighted by Crippen LogP contribution is -2.39. The third-order valence-electron chi connectivity index (χ3n) is 3.16. The summed E-state index contributed by atoms with van der Waals surface area (Å²) in [6, 6.07) is 6.45. The highest BCUT2D eigenvalue weighted by Gasteiger charge is 2.06. The van der Waals surface area contributed by atoms with Crippen molar-refractivity contribution in [1.29, 1.82) is 0 Å². The fourth-order valence-corrected chi connectivity index (χ4v) is 3.39.